The van der Waals surface area contributed by atoms with Crippen molar-refractivity contribution in [2.75, 3.05) is 0 Å². The molecule has 0 radical (unpaired) electrons. The van der Waals surface area contributed by atoms with Gasteiger partial charge in [0, 0.05) is 34.8 Å². The number of hydrogen-bond donors (Lipinski definition) is 3. The quantitative estimate of drug-likeness (QED) is 0.447. The maximum atomic E-state index is 10.2. The minimum absolute atomic E-state index is 0.304. The van der Waals surface area contributed by atoms with E-state index in [1.807, 2.05) is 54.9 Å². The molecule has 2 heterocycles. The molecule has 0 fully saturated rings. The number of H-pyrrole nitrogens is 1. The van der Waals surface area contributed by atoms with Crippen LogP contribution in [0.1, 0.15) is 30.8 Å². The predicted octanol–water partition coefficient (Wildman–Crippen LogP) is 4.57. The SMILES string of the molecule is CCc1cc(-c2nnc(CC(C)=N)n2-c2cccc3[nH]ccc23)c(C)cc1O. The van der Waals surface area contributed by atoms with Crippen molar-refractivity contribution in [2.24, 2.45) is 0 Å². The summed E-state index contributed by atoms with van der Waals surface area (Å²) in [6.45, 7) is 5.76. The second kappa shape index (κ2) is 6.96. The first-order valence-corrected chi connectivity index (χ1v) is 9.37. The summed E-state index contributed by atoms with van der Waals surface area (Å²) in [4.78, 5) is 3.25. The molecule has 0 amide bonds. The van der Waals surface area contributed by atoms with Gasteiger partial charge in [-0.05, 0) is 61.7 Å². The Kier molecular flexibility index (Phi) is 4.47. The number of aromatic amines is 1. The zero-order chi connectivity index (χ0) is 19.8. The van der Waals surface area contributed by atoms with E-state index in [2.05, 4.69) is 15.2 Å². The Morgan fingerprint density at radius 3 is 2.79 bits per heavy atom. The molecule has 0 aliphatic heterocycles. The highest BCUT2D eigenvalue weighted by Crippen LogP contribution is 2.33. The summed E-state index contributed by atoms with van der Waals surface area (Å²) < 4.78 is 2.03. The lowest BCUT2D eigenvalue weighted by Crippen LogP contribution is -2.08. The molecule has 0 saturated carbocycles. The minimum atomic E-state index is 0.304. The smallest absolute Gasteiger partial charge is 0.168 e. The van der Waals surface area contributed by atoms with E-state index in [9.17, 15) is 5.11 Å². The number of benzene rings is 2. The van der Waals surface area contributed by atoms with Gasteiger partial charge in [-0.15, -0.1) is 10.2 Å². The molecule has 0 spiro atoms. The molecule has 0 atom stereocenters. The maximum Gasteiger partial charge on any atom is 0.168 e. The lowest BCUT2D eigenvalue weighted by Gasteiger charge is -2.14. The van der Waals surface area contributed by atoms with Crippen molar-refractivity contribution >= 4 is 16.6 Å². The van der Waals surface area contributed by atoms with Crippen LogP contribution in [0.4, 0.5) is 0 Å². The largest absolute Gasteiger partial charge is 0.508 e. The number of aromatic hydroxyl groups is 1. The van der Waals surface area contributed by atoms with Crippen LogP contribution < -0.4 is 0 Å². The summed E-state index contributed by atoms with van der Waals surface area (Å²) >= 11 is 0. The van der Waals surface area contributed by atoms with Crippen LogP contribution in [0.3, 0.4) is 0 Å². The maximum absolute atomic E-state index is 10.2. The Labute approximate surface area is 163 Å². The fourth-order valence-electron chi connectivity index (χ4n) is 3.62. The topological polar surface area (TPSA) is 90.6 Å². The molecule has 4 rings (SSSR count). The molecule has 0 aliphatic rings. The number of hydrogen-bond acceptors (Lipinski definition) is 4. The summed E-state index contributed by atoms with van der Waals surface area (Å²) in [5.41, 5.74) is 5.27. The van der Waals surface area contributed by atoms with E-state index in [1.54, 1.807) is 13.0 Å². The Bertz CT molecular complexity index is 1190. The lowest BCUT2D eigenvalue weighted by atomic mass is 10.0. The van der Waals surface area contributed by atoms with Crippen molar-refractivity contribution < 1.29 is 5.11 Å². The van der Waals surface area contributed by atoms with E-state index in [-0.39, 0.29) is 0 Å². The van der Waals surface area contributed by atoms with Crippen LogP contribution in [0, 0.1) is 12.3 Å². The van der Waals surface area contributed by atoms with Crippen LogP contribution in [-0.4, -0.2) is 30.6 Å². The molecule has 28 heavy (non-hydrogen) atoms. The Hall–Kier alpha value is -3.41. The van der Waals surface area contributed by atoms with Gasteiger partial charge in [0.15, 0.2) is 5.82 Å². The van der Waals surface area contributed by atoms with E-state index < -0.39 is 0 Å². The highest BCUT2D eigenvalue weighted by atomic mass is 16.3. The molecule has 0 aliphatic carbocycles. The summed E-state index contributed by atoms with van der Waals surface area (Å²) in [5.74, 6) is 1.75. The van der Waals surface area contributed by atoms with Gasteiger partial charge in [-0.1, -0.05) is 13.0 Å². The van der Waals surface area contributed by atoms with Crippen molar-refractivity contribution in [3.63, 3.8) is 0 Å². The van der Waals surface area contributed by atoms with E-state index in [1.165, 1.54) is 0 Å². The fraction of sp³-hybridized carbons (Fsp3) is 0.227. The Morgan fingerprint density at radius 1 is 1.21 bits per heavy atom. The van der Waals surface area contributed by atoms with Crippen LogP contribution in [0.15, 0.2) is 42.6 Å². The average Bonchev–Trinajstić information content (AvgIpc) is 3.28. The molecule has 2 aromatic heterocycles. The number of aromatic nitrogens is 4. The number of nitrogens with one attached hydrogen (secondary N) is 2. The third kappa shape index (κ3) is 2.97. The van der Waals surface area contributed by atoms with Gasteiger partial charge in [-0.3, -0.25) is 4.57 Å². The Morgan fingerprint density at radius 2 is 2.04 bits per heavy atom. The molecular weight excluding hydrogens is 350 g/mol. The number of aryl methyl sites for hydroxylation is 2. The molecule has 0 bridgehead atoms. The highest BCUT2D eigenvalue weighted by molar-refractivity contribution is 5.89. The molecule has 4 aromatic rings. The van der Waals surface area contributed by atoms with E-state index in [0.29, 0.717) is 17.9 Å². The van der Waals surface area contributed by atoms with E-state index in [4.69, 9.17) is 5.41 Å². The van der Waals surface area contributed by atoms with Crippen molar-refractivity contribution in [3.8, 4) is 22.8 Å². The van der Waals surface area contributed by atoms with Gasteiger partial charge < -0.3 is 15.5 Å². The van der Waals surface area contributed by atoms with Crippen LogP contribution in [0.5, 0.6) is 5.75 Å². The van der Waals surface area contributed by atoms with Gasteiger partial charge in [0.2, 0.25) is 0 Å². The molecular formula is C22H23N5O. The summed E-state index contributed by atoms with van der Waals surface area (Å²) in [6, 6.07) is 11.9. The first-order valence-electron chi connectivity index (χ1n) is 9.37. The molecule has 0 saturated heterocycles. The third-order valence-corrected chi connectivity index (χ3v) is 5.01. The van der Waals surface area contributed by atoms with Crippen molar-refractivity contribution in [1.82, 2.24) is 19.7 Å². The summed E-state index contributed by atoms with van der Waals surface area (Å²) in [7, 11) is 0. The second-order valence-electron chi connectivity index (χ2n) is 7.10. The third-order valence-electron chi connectivity index (χ3n) is 5.01. The molecule has 142 valence electrons. The minimum Gasteiger partial charge on any atom is -0.508 e. The van der Waals surface area contributed by atoms with Crippen molar-refractivity contribution in [2.45, 2.75) is 33.6 Å². The van der Waals surface area contributed by atoms with E-state index in [0.717, 1.165) is 51.4 Å². The second-order valence-corrected chi connectivity index (χ2v) is 7.10. The Balaban J connectivity index is 2.02. The highest BCUT2D eigenvalue weighted by Gasteiger charge is 2.20. The van der Waals surface area contributed by atoms with Crippen molar-refractivity contribution in [1.29, 1.82) is 5.41 Å². The van der Waals surface area contributed by atoms with Gasteiger partial charge in [-0.25, -0.2) is 0 Å². The first kappa shape index (κ1) is 18.0. The zero-order valence-electron chi connectivity index (χ0n) is 16.2. The van der Waals surface area contributed by atoms with Crippen LogP contribution >= 0.6 is 0 Å². The van der Waals surface area contributed by atoms with Gasteiger partial charge >= 0.3 is 0 Å². The first-order chi connectivity index (χ1) is 13.5. The molecule has 0 unspecified atom stereocenters. The monoisotopic (exact) mass is 373 g/mol. The van der Waals surface area contributed by atoms with Gasteiger partial charge in [-0.2, -0.15) is 0 Å². The van der Waals surface area contributed by atoms with E-state index >= 15 is 0 Å². The number of rotatable bonds is 5. The summed E-state index contributed by atoms with van der Waals surface area (Å²) in [6.07, 6.45) is 3.07. The van der Waals surface area contributed by atoms with Crippen LogP contribution in [0.25, 0.3) is 28.0 Å². The molecule has 6 heteroatoms. The molecule has 6 nitrogen and oxygen atoms in total. The van der Waals surface area contributed by atoms with Crippen LogP contribution in [-0.2, 0) is 12.8 Å². The zero-order valence-corrected chi connectivity index (χ0v) is 16.2. The van der Waals surface area contributed by atoms with Crippen LogP contribution in [0.2, 0.25) is 0 Å². The normalized spacial score (nSPS) is 11.2. The van der Waals surface area contributed by atoms with Crippen molar-refractivity contribution in [3.05, 3.63) is 59.5 Å². The summed E-state index contributed by atoms with van der Waals surface area (Å²) in [5, 5.41) is 28.1. The molecule has 3 N–H and O–H groups in total. The number of nitrogens with zero attached hydrogens (tertiary/aromatic N) is 3. The average molecular weight is 373 g/mol. The standard InChI is InChI=1S/C22H23N5O/c1-4-15-12-17(13(2)10-20(15)28)22-26-25-21(11-14(3)23)27(22)19-7-5-6-18-16(19)8-9-24-18/h5-10,12,23-24,28H,4,11H2,1-3H3. The van der Waals surface area contributed by atoms with Gasteiger partial charge in [0.1, 0.15) is 11.6 Å². The number of phenols is 1. The fourth-order valence-corrected chi connectivity index (χ4v) is 3.62. The lowest BCUT2D eigenvalue weighted by molar-refractivity contribution is 0.468. The van der Waals surface area contributed by atoms with Gasteiger partial charge in [0.25, 0.3) is 0 Å². The number of phenolic OH excluding ortho intramolecular Hbond substituents is 1. The predicted molar refractivity (Wildman–Crippen MR) is 112 cm³/mol. The van der Waals surface area contributed by atoms with Gasteiger partial charge in [0.05, 0.1) is 5.69 Å². The number of fused-ring (bicyclic) bond motifs is 1. The molecule has 2 aromatic carbocycles.